The van der Waals surface area contributed by atoms with E-state index in [-0.39, 0.29) is 16.3 Å². The van der Waals surface area contributed by atoms with Crippen LogP contribution in [0.4, 0.5) is 5.69 Å². The Hall–Kier alpha value is -2.53. The number of aromatic hydroxyl groups is 1. The van der Waals surface area contributed by atoms with Crippen LogP contribution in [-0.4, -0.2) is 13.5 Å². The van der Waals surface area contributed by atoms with Crippen molar-refractivity contribution in [2.75, 3.05) is 4.72 Å². The first-order valence-electron chi connectivity index (χ1n) is 6.36. The second kappa shape index (κ2) is 5.10. The molecule has 3 aromatic carbocycles. The van der Waals surface area contributed by atoms with E-state index in [1.54, 1.807) is 24.3 Å². The Labute approximate surface area is 122 Å². The van der Waals surface area contributed by atoms with Crippen molar-refractivity contribution in [1.82, 2.24) is 0 Å². The summed E-state index contributed by atoms with van der Waals surface area (Å²) in [4.78, 5) is 0.151. The lowest BCUT2D eigenvalue weighted by Crippen LogP contribution is -2.12. The number of hydrogen-bond acceptors (Lipinski definition) is 3. The highest BCUT2D eigenvalue weighted by Crippen LogP contribution is 2.30. The third kappa shape index (κ3) is 2.68. The number of phenols is 1. The second-order valence-electron chi connectivity index (χ2n) is 4.64. The zero-order chi connectivity index (χ0) is 14.9. The van der Waals surface area contributed by atoms with Crippen LogP contribution in [0.2, 0.25) is 0 Å². The van der Waals surface area contributed by atoms with E-state index in [1.165, 1.54) is 18.2 Å². The molecule has 5 heteroatoms. The lowest BCUT2D eigenvalue weighted by atomic mass is 10.1. The van der Waals surface area contributed by atoms with Crippen molar-refractivity contribution in [3.05, 3.63) is 66.7 Å². The molecule has 21 heavy (non-hydrogen) atoms. The first-order chi connectivity index (χ1) is 10.1. The number of rotatable bonds is 3. The van der Waals surface area contributed by atoms with E-state index in [4.69, 9.17) is 0 Å². The molecule has 0 radical (unpaired) electrons. The number of phenolic OH excluding ortho intramolecular Hbond substituents is 1. The van der Waals surface area contributed by atoms with Gasteiger partial charge in [0.1, 0.15) is 5.75 Å². The number of hydrogen-bond donors (Lipinski definition) is 2. The van der Waals surface area contributed by atoms with Crippen molar-refractivity contribution in [3.8, 4) is 5.75 Å². The summed E-state index contributed by atoms with van der Waals surface area (Å²) in [5.41, 5.74) is 0.164. The van der Waals surface area contributed by atoms with Gasteiger partial charge in [0.15, 0.2) is 0 Å². The molecule has 0 unspecified atom stereocenters. The zero-order valence-electron chi connectivity index (χ0n) is 11.0. The summed E-state index contributed by atoms with van der Waals surface area (Å²) >= 11 is 0. The minimum absolute atomic E-state index is 0.104. The van der Waals surface area contributed by atoms with Gasteiger partial charge in [-0.15, -0.1) is 0 Å². The summed E-state index contributed by atoms with van der Waals surface area (Å²) in [5, 5.41) is 11.7. The maximum absolute atomic E-state index is 12.3. The lowest BCUT2D eigenvalue weighted by molar-refractivity contribution is 0.478. The number of fused-ring (bicyclic) bond motifs is 1. The molecule has 0 aliphatic carbocycles. The van der Waals surface area contributed by atoms with Crippen LogP contribution in [0.25, 0.3) is 10.8 Å². The molecule has 0 saturated carbocycles. The van der Waals surface area contributed by atoms with Crippen LogP contribution < -0.4 is 4.72 Å². The molecule has 3 rings (SSSR count). The fraction of sp³-hybridized carbons (Fsp3) is 0. The fourth-order valence-electron chi connectivity index (χ4n) is 2.11. The Kier molecular flexibility index (Phi) is 3.27. The van der Waals surface area contributed by atoms with Crippen LogP contribution in [0, 0.1) is 0 Å². The van der Waals surface area contributed by atoms with Gasteiger partial charge in [-0.25, -0.2) is 8.42 Å². The van der Waals surface area contributed by atoms with E-state index in [0.29, 0.717) is 0 Å². The van der Waals surface area contributed by atoms with Crippen LogP contribution >= 0.6 is 0 Å². The molecule has 0 atom stereocenters. The molecule has 0 amide bonds. The van der Waals surface area contributed by atoms with Crippen LogP contribution in [0.3, 0.4) is 0 Å². The molecule has 0 aliphatic rings. The average molecular weight is 299 g/mol. The van der Waals surface area contributed by atoms with Crippen molar-refractivity contribution >= 4 is 26.5 Å². The minimum atomic E-state index is -3.71. The van der Waals surface area contributed by atoms with Crippen molar-refractivity contribution < 1.29 is 13.5 Å². The van der Waals surface area contributed by atoms with Gasteiger partial charge in [-0.2, -0.15) is 0 Å². The van der Waals surface area contributed by atoms with Gasteiger partial charge in [-0.05, 0) is 35.0 Å². The highest BCUT2D eigenvalue weighted by molar-refractivity contribution is 7.92. The van der Waals surface area contributed by atoms with E-state index in [0.717, 1.165) is 10.8 Å². The van der Waals surface area contributed by atoms with Gasteiger partial charge in [-0.3, -0.25) is 4.72 Å². The summed E-state index contributed by atoms with van der Waals surface area (Å²) < 4.78 is 27.0. The smallest absolute Gasteiger partial charge is 0.262 e. The summed E-state index contributed by atoms with van der Waals surface area (Å²) in [6.45, 7) is 0. The molecular weight excluding hydrogens is 286 g/mol. The third-order valence-electron chi connectivity index (χ3n) is 3.16. The summed E-state index contributed by atoms with van der Waals surface area (Å²) in [6.07, 6.45) is 0. The fourth-order valence-corrected chi connectivity index (χ4v) is 3.20. The van der Waals surface area contributed by atoms with Gasteiger partial charge in [0.25, 0.3) is 10.0 Å². The van der Waals surface area contributed by atoms with Crippen molar-refractivity contribution in [2.45, 2.75) is 4.90 Å². The van der Waals surface area contributed by atoms with Gasteiger partial charge < -0.3 is 5.11 Å². The molecular formula is C16H13NO3S. The molecule has 0 aliphatic heterocycles. The molecule has 4 nitrogen and oxygen atoms in total. The molecule has 106 valence electrons. The van der Waals surface area contributed by atoms with Gasteiger partial charge in [-0.1, -0.05) is 42.5 Å². The number of nitrogens with one attached hydrogen (secondary N) is 1. The Morgan fingerprint density at radius 2 is 1.38 bits per heavy atom. The van der Waals surface area contributed by atoms with Crippen LogP contribution in [0.15, 0.2) is 71.6 Å². The van der Waals surface area contributed by atoms with E-state index in [9.17, 15) is 13.5 Å². The van der Waals surface area contributed by atoms with Gasteiger partial charge >= 0.3 is 0 Å². The summed E-state index contributed by atoms with van der Waals surface area (Å²) in [7, 11) is -3.71. The Morgan fingerprint density at radius 3 is 2.05 bits per heavy atom. The predicted molar refractivity (Wildman–Crippen MR) is 82.9 cm³/mol. The average Bonchev–Trinajstić information content (AvgIpc) is 2.49. The first kappa shape index (κ1) is 13.5. The summed E-state index contributed by atoms with van der Waals surface area (Å²) in [5.74, 6) is -0.104. The Balaban J connectivity index is 2.04. The second-order valence-corrected chi connectivity index (χ2v) is 6.32. The van der Waals surface area contributed by atoms with E-state index in [1.807, 2.05) is 24.3 Å². The van der Waals surface area contributed by atoms with Crippen molar-refractivity contribution in [3.63, 3.8) is 0 Å². The summed E-state index contributed by atoms with van der Waals surface area (Å²) in [6, 6.07) is 18.6. The molecule has 0 spiro atoms. The van der Waals surface area contributed by atoms with E-state index >= 15 is 0 Å². The topological polar surface area (TPSA) is 66.4 Å². The van der Waals surface area contributed by atoms with Crippen LogP contribution in [-0.2, 0) is 10.0 Å². The Morgan fingerprint density at radius 1 is 0.810 bits per heavy atom. The highest BCUT2D eigenvalue weighted by Gasteiger charge is 2.15. The quantitative estimate of drug-likeness (QED) is 0.729. The Bertz CT molecular complexity index is 890. The zero-order valence-corrected chi connectivity index (χ0v) is 11.8. The van der Waals surface area contributed by atoms with Gasteiger partial charge in [0.05, 0.1) is 10.6 Å². The largest absolute Gasteiger partial charge is 0.506 e. The molecule has 0 saturated heterocycles. The molecule has 3 aromatic rings. The molecule has 0 bridgehead atoms. The molecule has 2 N–H and O–H groups in total. The molecule has 0 heterocycles. The van der Waals surface area contributed by atoms with Gasteiger partial charge in [0, 0.05) is 0 Å². The first-order valence-corrected chi connectivity index (χ1v) is 7.84. The van der Waals surface area contributed by atoms with Crippen molar-refractivity contribution in [1.29, 1.82) is 0 Å². The minimum Gasteiger partial charge on any atom is -0.506 e. The van der Waals surface area contributed by atoms with E-state index < -0.39 is 10.0 Å². The van der Waals surface area contributed by atoms with E-state index in [2.05, 4.69) is 4.72 Å². The number of sulfonamides is 1. The standard InChI is InChI=1S/C16H13NO3S/c18-16-11-13-7-5-4-6-12(13)10-15(16)17-21(19,20)14-8-2-1-3-9-14/h1-11,17-18H. The molecule has 0 aromatic heterocycles. The van der Waals surface area contributed by atoms with Crippen LogP contribution in [0.1, 0.15) is 0 Å². The molecule has 0 fully saturated rings. The highest BCUT2D eigenvalue weighted by atomic mass is 32.2. The lowest BCUT2D eigenvalue weighted by Gasteiger charge is -2.11. The SMILES string of the molecule is O=S(=O)(Nc1cc2ccccc2cc1O)c1ccccc1. The normalized spacial score (nSPS) is 11.4. The number of anilines is 1. The van der Waals surface area contributed by atoms with Crippen LogP contribution in [0.5, 0.6) is 5.75 Å². The number of benzene rings is 3. The van der Waals surface area contributed by atoms with Crippen molar-refractivity contribution in [2.24, 2.45) is 0 Å². The monoisotopic (exact) mass is 299 g/mol. The maximum Gasteiger partial charge on any atom is 0.262 e. The maximum atomic E-state index is 12.3. The van der Waals surface area contributed by atoms with Gasteiger partial charge in [0.2, 0.25) is 0 Å². The predicted octanol–water partition coefficient (Wildman–Crippen LogP) is 3.35. The third-order valence-corrected chi connectivity index (χ3v) is 4.54.